The van der Waals surface area contributed by atoms with Crippen LogP contribution < -0.4 is 0 Å². The van der Waals surface area contributed by atoms with Crippen molar-refractivity contribution in [2.45, 2.75) is 104 Å². The van der Waals surface area contributed by atoms with Gasteiger partial charge in [-0.05, 0) is 87.2 Å². The van der Waals surface area contributed by atoms with Gasteiger partial charge in [-0.25, -0.2) is 0 Å². The molecule has 0 amide bonds. The van der Waals surface area contributed by atoms with E-state index in [4.69, 9.17) is 0 Å². The van der Waals surface area contributed by atoms with Gasteiger partial charge in [-0.15, -0.1) is 10.2 Å². The molecule has 2 saturated carbocycles. The molecule has 1 aromatic rings. The first-order valence-corrected chi connectivity index (χ1v) is 12.6. The quantitative estimate of drug-likeness (QED) is 0.470. The molecule has 162 valence electrons. The fraction of sp³-hybridized carbons (Fsp3) is 0.714. The van der Waals surface area contributed by atoms with Gasteiger partial charge in [-0.3, -0.25) is 0 Å². The van der Waals surface area contributed by atoms with E-state index in [1.54, 1.807) is 0 Å². The van der Waals surface area contributed by atoms with Crippen LogP contribution in [0.4, 0.5) is 0 Å². The molecule has 0 spiro atoms. The lowest BCUT2D eigenvalue weighted by atomic mass is 9.80. The van der Waals surface area contributed by atoms with Crippen LogP contribution in [0, 0.1) is 47.4 Å². The first-order chi connectivity index (χ1) is 14.8. The molecule has 1 aromatic heterocycles. The molecule has 0 radical (unpaired) electrons. The van der Waals surface area contributed by atoms with Crippen molar-refractivity contribution < 1.29 is 0 Å². The summed E-state index contributed by atoms with van der Waals surface area (Å²) in [6, 6.07) is 3.97. The maximum atomic E-state index is 4.30. The summed E-state index contributed by atoms with van der Waals surface area (Å²) in [5.41, 5.74) is 1.56. The van der Waals surface area contributed by atoms with Crippen molar-refractivity contribution in [3.05, 3.63) is 23.5 Å². The average Bonchev–Trinajstić information content (AvgIpc) is 2.80. The third-order valence-electron chi connectivity index (χ3n) is 7.10. The van der Waals surface area contributed by atoms with Gasteiger partial charge in [0.25, 0.3) is 0 Å². The molecule has 0 saturated heterocycles. The minimum atomic E-state index is 0.539. The largest absolute Gasteiger partial charge is 0.141 e. The highest BCUT2D eigenvalue weighted by atomic mass is 15.1. The summed E-state index contributed by atoms with van der Waals surface area (Å²) < 4.78 is 0. The maximum Gasteiger partial charge on any atom is 0.135 e. The molecule has 2 nitrogen and oxygen atoms in total. The van der Waals surface area contributed by atoms with Crippen molar-refractivity contribution >= 4 is 0 Å². The van der Waals surface area contributed by atoms with Crippen molar-refractivity contribution in [3.63, 3.8) is 0 Å². The van der Waals surface area contributed by atoms with E-state index in [0.29, 0.717) is 11.8 Å². The molecule has 0 N–H and O–H groups in total. The minimum absolute atomic E-state index is 0.539. The second kappa shape index (κ2) is 12.8. The summed E-state index contributed by atoms with van der Waals surface area (Å²) in [4.78, 5) is 0. The van der Waals surface area contributed by atoms with Crippen molar-refractivity contribution in [1.29, 1.82) is 0 Å². The molecule has 0 aliphatic heterocycles. The number of hydrogen-bond acceptors (Lipinski definition) is 2. The topological polar surface area (TPSA) is 25.8 Å². The van der Waals surface area contributed by atoms with E-state index >= 15 is 0 Å². The zero-order valence-corrected chi connectivity index (χ0v) is 19.3. The van der Waals surface area contributed by atoms with Gasteiger partial charge < -0.3 is 0 Å². The van der Waals surface area contributed by atoms with Gasteiger partial charge in [0.1, 0.15) is 11.4 Å². The lowest BCUT2D eigenvalue weighted by molar-refractivity contribution is 0.296. The van der Waals surface area contributed by atoms with Crippen LogP contribution in [0.15, 0.2) is 12.1 Å². The Labute approximate surface area is 185 Å². The minimum Gasteiger partial charge on any atom is -0.141 e. The monoisotopic (exact) mass is 404 g/mol. The number of hydrogen-bond donors (Lipinski definition) is 0. The second-order valence-electron chi connectivity index (χ2n) is 9.56. The molecule has 0 aromatic carbocycles. The van der Waals surface area contributed by atoms with E-state index in [2.05, 4.69) is 47.7 Å². The zero-order valence-electron chi connectivity index (χ0n) is 19.3. The van der Waals surface area contributed by atoms with E-state index in [-0.39, 0.29) is 0 Å². The molecule has 0 unspecified atom stereocenters. The Morgan fingerprint density at radius 1 is 0.667 bits per heavy atom. The second-order valence-corrected chi connectivity index (χ2v) is 9.56. The standard InChI is InChI=1S/C28H40N2/c1-3-5-7-23-9-13-25(14-10-23)17-19-27-21-22-28(30-29-27)20-18-26-15-11-24(12-16-26)8-6-4-2/h21-26H,3-16H2,1-2H3/t23-,24-,25-,26-. The molecule has 3 rings (SSSR count). The van der Waals surface area contributed by atoms with Crippen LogP contribution in [0.25, 0.3) is 0 Å². The van der Waals surface area contributed by atoms with Crippen molar-refractivity contribution in [2.24, 2.45) is 23.7 Å². The first-order valence-electron chi connectivity index (χ1n) is 12.6. The Hall–Kier alpha value is -1.80. The number of rotatable bonds is 6. The van der Waals surface area contributed by atoms with Crippen LogP contribution in [-0.4, -0.2) is 10.2 Å². The Morgan fingerprint density at radius 3 is 1.40 bits per heavy atom. The van der Waals surface area contributed by atoms with Crippen LogP contribution in [0.5, 0.6) is 0 Å². The van der Waals surface area contributed by atoms with E-state index in [1.807, 2.05) is 12.1 Å². The summed E-state index contributed by atoms with van der Waals surface area (Å²) in [6.07, 6.45) is 18.6. The maximum absolute atomic E-state index is 4.30. The Morgan fingerprint density at radius 2 is 1.07 bits per heavy atom. The van der Waals surface area contributed by atoms with E-state index < -0.39 is 0 Å². The summed E-state index contributed by atoms with van der Waals surface area (Å²) in [5.74, 6) is 16.4. The van der Waals surface area contributed by atoms with Crippen LogP contribution in [-0.2, 0) is 0 Å². The smallest absolute Gasteiger partial charge is 0.135 e. The molecule has 30 heavy (non-hydrogen) atoms. The predicted molar refractivity (Wildman–Crippen MR) is 126 cm³/mol. The van der Waals surface area contributed by atoms with Gasteiger partial charge in [-0.1, -0.05) is 64.2 Å². The highest BCUT2D eigenvalue weighted by Crippen LogP contribution is 2.32. The summed E-state index contributed by atoms with van der Waals surface area (Å²) in [6.45, 7) is 4.57. The highest BCUT2D eigenvalue weighted by molar-refractivity contribution is 5.32. The third kappa shape index (κ3) is 7.80. The zero-order chi connectivity index (χ0) is 21.0. The fourth-order valence-electron chi connectivity index (χ4n) is 4.99. The lowest BCUT2D eigenvalue weighted by Gasteiger charge is -2.25. The summed E-state index contributed by atoms with van der Waals surface area (Å²) in [5, 5.41) is 8.60. The summed E-state index contributed by atoms with van der Waals surface area (Å²) in [7, 11) is 0. The average molecular weight is 405 g/mol. The third-order valence-corrected chi connectivity index (χ3v) is 7.10. The molecular formula is C28H40N2. The van der Waals surface area contributed by atoms with Crippen molar-refractivity contribution in [3.8, 4) is 23.7 Å². The predicted octanol–water partition coefficient (Wildman–Crippen LogP) is 7.17. The molecule has 2 aliphatic rings. The molecule has 2 aliphatic carbocycles. The van der Waals surface area contributed by atoms with Gasteiger partial charge in [-0.2, -0.15) is 0 Å². The van der Waals surface area contributed by atoms with Gasteiger partial charge >= 0.3 is 0 Å². The van der Waals surface area contributed by atoms with Crippen LogP contribution in [0.2, 0.25) is 0 Å². The molecule has 1 heterocycles. The van der Waals surface area contributed by atoms with Crippen LogP contribution >= 0.6 is 0 Å². The fourth-order valence-corrected chi connectivity index (χ4v) is 4.99. The Balaban J connectivity index is 1.42. The Bertz CT molecular complexity index is 662. The van der Waals surface area contributed by atoms with Crippen molar-refractivity contribution in [1.82, 2.24) is 10.2 Å². The number of aromatic nitrogens is 2. The van der Waals surface area contributed by atoms with E-state index in [9.17, 15) is 0 Å². The molecular weight excluding hydrogens is 364 g/mol. The van der Waals surface area contributed by atoms with Gasteiger partial charge in [0, 0.05) is 11.8 Å². The normalized spacial score (nSPS) is 26.2. The van der Waals surface area contributed by atoms with Gasteiger partial charge in [0.05, 0.1) is 0 Å². The van der Waals surface area contributed by atoms with Crippen LogP contribution in [0.3, 0.4) is 0 Å². The molecule has 0 atom stereocenters. The highest BCUT2D eigenvalue weighted by Gasteiger charge is 2.20. The molecule has 2 heteroatoms. The SMILES string of the molecule is CCCC[C@H]1CC[C@H](C#Cc2ccc(C#C[C@H]3CC[C@H](CCCC)CC3)nn2)CC1. The number of nitrogens with zero attached hydrogens (tertiary/aromatic N) is 2. The molecule has 0 bridgehead atoms. The molecule has 2 fully saturated rings. The van der Waals surface area contributed by atoms with E-state index in [1.165, 1.54) is 89.9 Å². The van der Waals surface area contributed by atoms with E-state index in [0.717, 1.165) is 23.2 Å². The van der Waals surface area contributed by atoms with Gasteiger partial charge in [0.15, 0.2) is 0 Å². The van der Waals surface area contributed by atoms with Gasteiger partial charge in [0.2, 0.25) is 0 Å². The van der Waals surface area contributed by atoms with Crippen molar-refractivity contribution in [2.75, 3.05) is 0 Å². The first kappa shape index (κ1) is 22.9. The van der Waals surface area contributed by atoms with Crippen LogP contribution in [0.1, 0.15) is 115 Å². The lowest BCUT2D eigenvalue weighted by Crippen LogP contribution is -2.13. The Kier molecular flexibility index (Phi) is 9.76. The number of unbranched alkanes of at least 4 members (excludes halogenated alkanes) is 2. The summed E-state index contributed by atoms with van der Waals surface area (Å²) >= 11 is 0.